The van der Waals surface area contributed by atoms with Crippen molar-refractivity contribution in [2.45, 2.75) is 6.42 Å². The minimum Gasteiger partial charge on any atom is -0.319 e. The number of benzene rings is 1. The molecule has 13 heavy (non-hydrogen) atoms. The van der Waals surface area contributed by atoms with E-state index in [0.29, 0.717) is 0 Å². The van der Waals surface area contributed by atoms with E-state index in [2.05, 4.69) is 28.5 Å². The summed E-state index contributed by atoms with van der Waals surface area (Å²) in [5.41, 5.74) is 1.12. The van der Waals surface area contributed by atoms with Crippen LogP contribution in [0, 0.1) is 0 Å². The molecule has 1 aromatic heterocycles. The Kier molecular flexibility index (Phi) is 2.57. The second-order valence-electron chi connectivity index (χ2n) is 2.93. The fourth-order valence-corrected chi connectivity index (χ4v) is 2.23. The lowest BCUT2D eigenvalue weighted by molar-refractivity contribution is 0.789. The number of fused-ring (bicyclic) bond motifs is 1. The minimum atomic E-state index is 1.000. The lowest BCUT2D eigenvalue weighted by atomic mass is 10.3. The number of nitrogens with zero attached hydrogens (tertiary/aromatic N) is 1. The van der Waals surface area contributed by atoms with Crippen LogP contribution in [0.3, 0.4) is 0 Å². The molecule has 0 bridgehead atoms. The third kappa shape index (κ3) is 1.87. The predicted molar refractivity (Wildman–Crippen MR) is 57.3 cm³/mol. The van der Waals surface area contributed by atoms with Crippen molar-refractivity contribution in [1.29, 1.82) is 0 Å². The maximum absolute atomic E-state index is 4.53. The normalized spacial score (nSPS) is 10.8. The first kappa shape index (κ1) is 8.66. The second-order valence-corrected chi connectivity index (χ2v) is 4.04. The van der Waals surface area contributed by atoms with E-state index in [1.165, 1.54) is 9.71 Å². The molecule has 0 fully saturated rings. The first-order chi connectivity index (χ1) is 6.40. The van der Waals surface area contributed by atoms with Crippen molar-refractivity contribution in [2.24, 2.45) is 0 Å². The highest BCUT2D eigenvalue weighted by Gasteiger charge is 2.01. The monoisotopic (exact) mass is 192 g/mol. The molecule has 0 radical (unpaired) electrons. The molecule has 1 N–H and O–H groups in total. The van der Waals surface area contributed by atoms with Gasteiger partial charge in [0.05, 0.1) is 15.2 Å². The number of para-hydroxylation sites is 1. The van der Waals surface area contributed by atoms with Crippen molar-refractivity contribution < 1.29 is 0 Å². The topological polar surface area (TPSA) is 24.9 Å². The maximum Gasteiger partial charge on any atom is 0.0951 e. The van der Waals surface area contributed by atoms with Crippen LogP contribution in [0.1, 0.15) is 5.01 Å². The first-order valence-electron chi connectivity index (χ1n) is 4.39. The van der Waals surface area contributed by atoms with Gasteiger partial charge in [0, 0.05) is 13.0 Å². The molecular formula is C10H12N2S. The summed E-state index contributed by atoms with van der Waals surface area (Å²) in [5.74, 6) is 0. The highest BCUT2D eigenvalue weighted by atomic mass is 32.1. The van der Waals surface area contributed by atoms with E-state index in [1.54, 1.807) is 11.3 Å². The molecule has 2 nitrogen and oxygen atoms in total. The number of thiazole rings is 1. The summed E-state index contributed by atoms with van der Waals surface area (Å²) < 4.78 is 1.29. The van der Waals surface area contributed by atoms with Crippen LogP contribution < -0.4 is 5.32 Å². The van der Waals surface area contributed by atoms with Crippen LogP contribution in [0.25, 0.3) is 10.2 Å². The molecule has 0 aliphatic rings. The number of likely N-dealkylation sites (N-methyl/N-ethyl adjacent to an activating group) is 1. The molecule has 0 atom stereocenters. The zero-order valence-corrected chi connectivity index (χ0v) is 8.40. The average Bonchev–Trinajstić information content (AvgIpc) is 2.57. The predicted octanol–water partition coefficient (Wildman–Crippen LogP) is 2.06. The third-order valence-corrected chi connectivity index (χ3v) is 3.02. The van der Waals surface area contributed by atoms with Gasteiger partial charge in [0.15, 0.2) is 0 Å². The lowest BCUT2D eigenvalue weighted by Gasteiger charge is -1.92. The van der Waals surface area contributed by atoms with Crippen LogP contribution in [-0.4, -0.2) is 18.6 Å². The Morgan fingerprint density at radius 3 is 3.00 bits per heavy atom. The van der Waals surface area contributed by atoms with Crippen LogP contribution in [0.5, 0.6) is 0 Å². The summed E-state index contributed by atoms with van der Waals surface area (Å²) >= 11 is 1.79. The number of hydrogen-bond acceptors (Lipinski definition) is 3. The number of rotatable bonds is 3. The Labute approximate surface area is 81.6 Å². The fourth-order valence-electron chi connectivity index (χ4n) is 1.26. The van der Waals surface area contributed by atoms with Gasteiger partial charge in [-0.3, -0.25) is 0 Å². The van der Waals surface area contributed by atoms with E-state index in [1.807, 2.05) is 13.1 Å². The van der Waals surface area contributed by atoms with Gasteiger partial charge in [-0.25, -0.2) is 4.98 Å². The van der Waals surface area contributed by atoms with Gasteiger partial charge in [-0.15, -0.1) is 11.3 Å². The van der Waals surface area contributed by atoms with Gasteiger partial charge in [-0.2, -0.15) is 0 Å². The molecule has 3 heteroatoms. The fraction of sp³-hybridized carbons (Fsp3) is 0.300. The lowest BCUT2D eigenvalue weighted by Crippen LogP contribution is -2.09. The zero-order valence-electron chi connectivity index (χ0n) is 7.58. The van der Waals surface area contributed by atoms with Gasteiger partial charge in [0.2, 0.25) is 0 Å². The Hall–Kier alpha value is -0.930. The SMILES string of the molecule is CNCCc1nc2ccccc2s1. The van der Waals surface area contributed by atoms with Crippen molar-refractivity contribution in [3.8, 4) is 0 Å². The molecule has 2 aromatic rings. The Morgan fingerprint density at radius 2 is 2.23 bits per heavy atom. The molecule has 1 heterocycles. The van der Waals surface area contributed by atoms with Gasteiger partial charge in [-0.05, 0) is 19.2 Å². The van der Waals surface area contributed by atoms with Gasteiger partial charge in [0.1, 0.15) is 0 Å². The zero-order chi connectivity index (χ0) is 9.10. The molecule has 2 rings (SSSR count). The van der Waals surface area contributed by atoms with Crippen molar-refractivity contribution in [2.75, 3.05) is 13.6 Å². The summed E-state index contributed by atoms with van der Waals surface area (Å²) in [5, 5.41) is 4.35. The molecule has 0 unspecified atom stereocenters. The van der Waals surface area contributed by atoms with E-state index in [0.717, 1.165) is 18.5 Å². The molecule has 68 valence electrons. The van der Waals surface area contributed by atoms with Gasteiger partial charge in [0.25, 0.3) is 0 Å². The quantitative estimate of drug-likeness (QED) is 0.805. The molecule has 0 amide bonds. The smallest absolute Gasteiger partial charge is 0.0951 e. The third-order valence-electron chi connectivity index (χ3n) is 1.93. The Morgan fingerprint density at radius 1 is 1.38 bits per heavy atom. The highest BCUT2D eigenvalue weighted by Crippen LogP contribution is 2.21. The van der Waals surface area contributed by atoms with Crippen molar-refractivity contribution >= 4 is 21.6 Å². The number of nitrogens with one attached hydrogen (secondary N) is 1. The second kappa shape index (κ2) is 3.85. The summed E-state index contributed by atoms with van der Waals surface area (Å²) in [4.78, 5) is 4.53. The van der Waals surface area contributed by atoms with Crippen LogP contribution in [0.15, 0.2) is 24.3 Å². The van der Waals surface area contributed by atoms with Crippen molar-refractivity contribution in [3.05, 3.63) is 29.3 Å². The van der Waals surface area contributed by atoms with Gasteiger partial charge >= 0.3 is 0 Å². The molecule has 0 aliphatic heterocycles. The first-order valence-corrected chi connectivity index (χ1v) is 5.21. The summed E-state index contributed by atoms with van der Waals surface area (Å²) in [6.45, 7) is 1.000. The Balaban J connectivity index is 2.28. The van der Waals surface area contributed by atoms with Crippen LogP contribution in [-0.2, 0) is 6.42 Å². The van der Waals surface area contributed by atoms with Gasteiger partial charge < -0.3 is 5.32 Å². The largest absolute Gasteiger partial charge is 0.319 e. The van der Waals surface area contributed by atoms with Crippen LogP contribution in [0.2, 0.25) is 0 Å². The maximum atomic E-state index is 4.53. The summed E-state index contributed by atoms with van der Waals surface area (Å²) in [7, 11) is 1.97. The van der Waals surface area contributed by atoms with Gasteiger partial charge in [-0.1, -0.05) is 12.1 Å². The molecule has 0 saturated carbocycles. The molecule has 0 aliphatic carbocycles. The van der Waals surface area contributed by atoms with Crippen LogP contribution in [0.4, 0.5) is 0 Å². The highest BCUT2D eigenvalue weighted by molar-refractivity contribution is 7.18. The van der Waals surface area contributed by atoms with E-state index < -0.39 is 0 Å². The Bertz CT molecular complexity index is 361. The van der Waals surface area contributed by atoms with Crippen molar-refractivity contribution in [3.63, 3.8) is 0 Å². The standard InChI is InChI=1S/C10H12N2S/c1-11-7-6-10-12-8-4-2-3-5-9(8)13-10/h2-5,11H,6-7H2,1H3. The minimum absolute atomic E-state index is 1.000. The molecule has 0 spiro atoms. The summed E-state index contributed by atoms with van der Waals surface area (Å²) in [6.07, 6.45) is 1.02. The number of aromatic nitrogens is 1. The van der Waals surface area contributed by atoms with E-state index >= 15 is 0 Å². The molecular weight excluding hydrogens is 180 g/mol. The molecule has 1 aromatic carbocycles. The van der Waals surface area contributed by atoms with E-state index in [4.69, 9.17) is 0 Å². The molecule has 0 saturated heterocycles. The average molecular weight is 192 g/mol. The van der Waals surface area contributed by atoms with E-state index in [9.17, 15) is 0 Å². The van der Waals surface area contributed by atoms with Crippen LogP contribution >= 0.6 is 11.3 Å². The number of hydrogen-bond donors (Lipinski definition) is 1. The van der Waals surface area contributed by atoms with Crippen molar-refractivity contribution in [1.82, 2.24) is 10.3 Å². The van der Waals surface area contributed by atoms with E-state index in [-0.39, 0.29) is 0 Å². The summed E-state index contributed by atoms with van der Waals surface area (Å²) in [6, 6.07) is 8.27.